The Kier molecular flexibility index (Phi) is 4.35. The average Bonchev–Trinajstić information content (AvgIpc) is 2.77. The Balaban J connectivity index is 2.33. The van der Waals surface area contributed by atoms with Gasteiger partial charge in [0.15, 0.2) is 0 Å². The molecule has 0 bridgehead atoms. The average molecular weight is 269 g/mol. The summed E-state index contributed by atoms with van der Waals surface area (Å²) in [6.45, 7) is 6.03. The van der Waals surface area contributed by atoms with Gasteiger partial charge in [-0.25, -0.2) is 4.79 Å². The van der Waals surface area contributed by atoms with Gasteiger partial charge in [-0.15, -0.1) is 0 Å². The highest BCUT2D eigenvalue weighted by molar-refractivity contribution is 5.75. The first-order chi connectivity index (χ1) is 9.63. The van der Waals surface area contributed by atoms with Crippen LogP contribution in [-0.2, 0) is 0 Å². The van der Waals surface area contributed by atoms with E-state index >= 15 is 0 Å². The monoisotopic (exact) mass is 269 g/mol. The minimum atomic E-state index is -0.284. The molecule has 0 saturated carbocycles. The van der Waals surface area contributed by atoms with Gasteiger partial charge < -0.3 is 4.98 Å². The van der Waals surface area contributed by atoms with Crippen molar-refractivity contribution < 1.29 is 0 Å². The van der Waals surface area contributed by atoms with Gasteiger partial charge in [-0.3, -0.25) is 4.57 Å². The van der Waals surface area contributed by atoms with Crippen molar-refractivity contribution in [1.29, 1.82) is 0 Å². The highest BCUT2D eigenvalue weighted by Crippen LogP contribution is 2.10. The Labute approximate surface area is 118 Å². The van der Waals surface area contributed by atoms with E-state index in [1.807, 2.05) is 38.1 Å². The summed E-state index contributed by atoms with van der Waals surface area (Å²) in [7, 11) is 0. The molecule has 0 atom stereocenters. The second-order valence-corrected chi connectivity index (χ2v) is 4.62. The molecule has 2 aromatic rings. The molecule has 2 heterocycles. The fourth-order valence-electron chi connectivity index (χ4n) is 2.02. The predicted molar refractivity (Wildman–Crippen MR) is 83.6 cm³/mol. The van der Waals surface area contributed by atoms with Crippen LogP contribution in [0.25, 0.3) is 17.2 Å². The van der Waals surface area contributed by atoms with Crippen LogP contribution >= 0.6 is 0 Å². The molecule has 4 nitrogen and oxygen atoms in total. The summed E-state index contributed by atoms with van der Waals surface area (Å²) in [5.74, 6) is 0. The minimum Gasteiger partial charge on any atom is -0.343 e. The van der Waals surface area contributed by atoms with Crippen molar-refractivity contribution in [2.75, 3.05) is 0 Å². The lowest BCUT2D eigenvalue weighted by molar-refractivity contribution is 0.984. The van der Waals surface area contributed by atoms with Gasteiger partial charge in [0.25, 0.3) is 0 Å². The van der Waals surface area contributed by atoms with Crippen molar-refractivity contribution in [2.45, 2.75) is 27.2 Å². The van der Waals surface area contributed by atoms with E-state index in [9.17, 15) is 4.79 Å². The molecule has 104 valence electrons. The topological polar surface area (TPSA) is 50.7 Å². The third-order valence-electron chi connectivity index (χ3n) is 3.01. The van der Waals surface area contributed by atoms with Crippen molar-refractivity contribution >= 4 is 17.2 Å². The molecule has 0 fully saturated rings. The van der Waals surface area contributed by atoms with Crippen LogP contribution in [0.2, 0.25) is 0 Å². The van der Waals surface area contributed by atoms with Gasteiger partial charge in [0.1, 0.15) is 5.65 Å². The number of nitrogens with zero attached hydrogens (tertiary/aromatic N) is 2. The summed E-state index contributed by atoms with van der Waals surface area (Å²) in [6.07, 6.45) is 12.4. The molecule has 0 unspecified atom stereocenters. The zero-order chi connectivity index (χ0) is 14.5. The molecule has 0 radical (unpaired) electrons. The number of hydrogen-bond donors (Lipinski definition) is 1. The first-order valence-electron chi connectivity index (χ1n) is 6.72. The van der Waals surface area contributed by atoms with Crippen LogP contribution in [-0.4, -0.2) is 14.5 Å². The highest BCUT2D eigenvalue weighted by atomic mass is 16.1. The van der Waals surface area contributed by atoms with Crippen molar-refractivity contribution in [3.05, 3.63) is 58.3 Å². The number of aromatic amines is 1. The van der Waals surface area contributed by atoms with Crippen LogP contribution in [0, 0.1) is 6.92 Å². The standard InChI is InChI=1S/C16H19N3O/c1-4-7-13(5-2)8-6-9-19-11-14-10-12(3)17-15(14)18-16(19)20/h4,6-11H,5H2,1-3H3,(H,17,18,20)/b7-4-,9-6+,13-8-. The third-order valence-corrected chi connectivity index (χ3v) is 3.01. The van der Waals surface area contributed by atoms with Crippen LogP contribution in [0.15, 0.2) is 46.9 Å². The number of fused-ring (bicyclic) bond motifs is 1. The summed E-state index contributed by atoms with van der Waals surface area (Å²) >= 11 is 0. The van der Waals surface area contributed by atoms with Crippen LogP contribution in [0.4, 0.5) is 0 Å². The van der Waals surface area contributed by atoms with E-state index in [1.165, 1.54) is 10.1 Å². The minimum absolute atomic E-state index is 0.284. The van der Waals surface area contributed by atoms with Gasteiger partial charge in [0.2, 0.25) is 0 Å². The van der Waals surface area contributed by atoms with Gasteiger partial charge in [-0.2, -0.15) is 4.98 Å². The van der Waals surface area contributed by atoms with Gasteiger partial charge >= 0.3 is 5.69 Å². The Morgan fingerprint density at radius 2 is 2.30 bits per heavy atom. The zero-order valence-electron chi connectivity index (χ0n) is 12.1. The van der Waals surface area contributed by atoms with E-state index < -0.39 is 0 Å². The number of hydrogen-bond acceptors (Lipinski definition) is 2. The van der Waals surface area contributed by atoms with E-state index in [-0.39, 0.29) is 5.69 Å². The first kappa shape index (κ1) is 14.1. The molecule has 4 heteroatoms. The van der Waals surface area contributed by atoms with Crippen molar-refractivity contribution in [2.24, 2.45) is 0 Å². The molecule has 0 aromatic carbocycles. The highest BCUT2D eigenvalue weighted by Gasteiger charge is 2.01. The van der Waals surface area contributed by atoms with Gasteiger partial charge in [0, 0.05) is 23.5 Å². The number of allylic oxidation sites excluding steroid dienone is 5. The first-order valence-corrected chi connectivity index (χ1v) is 6.72. The molecule has 0 amide bonds. The number of rotatable bonds is 4. The second-order valence-electron chi connectivity index (χ2n) is 4.62. The molecule has 0 spiro atoms. The maximum absolute atomic E-state index is 11.9. The van der Waals surface area contributed by atoms with E-state index in [0.29, 0.717) is 5.65 Å². The lowest BCUT2D eigenvalue weighted by Crippen LogP contribution is -2.17. The molecular formula is C16H19N3O. The Bertz CT molecular complexity index is 745. The predicted octanol–water partition coefficient (Wildman–Crippen LogP) is 3.42. The van der Waals surface area contributed by atoms with Gasteiger partial charge in [-0.05, 0) is 38.0 Å². The molecule has 2 aromatic heterocycles. The SMILES string of the molecule is C\C=C/C(=C\C=C\n1cc2cc(C)[nH]c2nc1=O)CC. The summed E-state index contributed by atoms with van der Waals surface area (Å²) < 4.78 is 1.50. The summed E-state index contributed by atoms with van der Waals surface area (Å²) in [4.78, 5) is 18.9. The van der Waals surface area contributed by atoms with E-state index in [2.05, 4.69) is 23.0 Å². The Morgan fingerprint density at radius 3 is 3.00 bits per heavy atom. The maximum atomic E-state index is 11.9. The molecule has 0 aliphatic carbocycles. The number of nitrogens with one attached hydrogen (secondary N) is 1. The molecule has 0 aliphatic heterocycles. The van der Waals surface area contributed by atoms with Crippen molar-refractivity contribution in [3.8, 4) is 0 Å². The van der Waals surface area contributed by atoms with Crippen LogP contribution in [0.1, 0.15) is 26.0 Å². The van der Waals surface area contributed by atoms with Gasteiger partial charge in [0.05, 0.1) is 0 Å². The fourth-order valence-corrected chi connectivity index (χ4v) is 2.02. The maximum Gasteiger partial charge on any atom is 0.353 e. The van der Waals surface area contributed by atoms with Crippen molar-refractivity contribution in [3.63, 3.8) is 0 Å². The number of aromatic nitrogens is 3. The molecule has 0 aliphatic rings. The van der Waals surface area contributed by atoms with Gasteiger partial charge in [-0.1, -0.05) is 25.2 Å². The van der Waals surface area contributed by atoms with E-state index in [0.717, 1.165) is 17.5 Å². The third kappa shape index (κ3) is 3.15. The fraction of sp³-hybridized carbons (Fsp3) is 0.250. The number of H-pyrrole nitrogens is 1. The van der Waals surface area contributed by atoms with E-state index in [1.54, 1.807) is 12.4 Å². The Morgan fingerprint density at radius 1 is 1.50 bits per heavy atom. The zero-order valence-corrected chi connectivity index (χ0v) is 12.1. The largest absolute Gasteiger partial charge is 0.353 e. The Hall–Kier alpha value is -2.36. The normalized spacial score (nSPS) is 13.1. The number of aryl methyl sites for hydroxylation is 1. The summed E-state index contributed by atoms with van der Waals surface area (Å²) in [5.41, 5.74) is 2.56. The molecule has 2 rings (SSSR count). The molecular weight excluding hydrogens is 250 g/mol. The van der Waals surface area contributed by atoms with E-state index in [4.69, 9.17) is 0 Å². The smallest absolute Gasteiger partial charge is 0.343 e. The van der Waals surface area contributed by atoms with Crippen molar-refractivity contribution in [1.82, 2.24) is 14.5 Å². The molecule has 0 saturated heterocycles. The molecule has 1 N–H and O–H groups in total. The lowest BCUT2D eigenvalue weighted by Gasteiger charge is -1.97. The van der Waals surface area contributed by atoms with Crippen LogP contribution in [0.3, 0.4) is 0 Å². The second kappa shape index (κ2) is 6.19. The summed E-state index contributed by atoms with van der Waals surface area (Å²) in [5, 5.41) is 0.930. The quantitative estimate of drug-likeness (QED) is 0.865. The van der Waals surface area contributed by atoms with Crippen LogP contribution < -0.4 is 5.69 Å². The van der Waals surface area contributed by atoms with Crippen LogP contribution in [0.5, 0.6) is 0 Å². The summed E-state index contributed by atoms with van der Waals surface area (Å²) in [6, 6.07) is 1.97. The molecule has 20 heavy (non-hydrogen) atoms. The lowest BCUT2D eigenvalue weighted by atomic mass is 10.2.